The summed E-state index contributed by atoms with van der Waals surface area (Å²) >= 11 is 0. The van der Waals surface area contributed by atoms with Crippen LogP contribution < -0.4 is 9.64 Å². The summed E-state index contributed by atoms with van der Waals surface area (Å²) in [7, 11) is 0. The molecule has 0 amide bonds. The van der Waals surface area contributed by atoms with Crippen molar-refractivity contribution in [2.24, 2.45) is 0 Å². The molecule has 1 atom stereocenters. The standard InChI is InChI=1S/C21H28N2O2/c1-17-6-8-21(9-7-17)25-16-20(24)15-22-10-12-23(13-11-22)19-5-3-4-18(2)14-19/h3-9,14,20,24H,10-13,15-16H2,1-2H3/t20-/m1/s1. The van der Waals surface area contributed by atoms with Gasteiger partial charge in [0.25, 0.3) is 0 Å². The Balaban J connectivity index is 1.41. The fraction of sp³-hybridized carbons (Fsp3) is 0.429. The molecule has 1 fully saturated rings. The van der Waals surface area contributed by atoms with Crippen molar-refractivity contribution in [2.45, 2.75) is 20.0 Å². The van der Waals surface area contributed by atoms with E-state index in [1.807, 2.05) is 24.3 Å². The Morgan fingerprint density at radius 3 is 2.36 bits per heavy atom. The number of piperazine rings is 1. The van der Waals surface area contributed by atoms with Gasteiger partial charge >= 0.3 is 0 Å². The molecular weight excluding hydrogens is 312 g/mol. The highest BCUT2D eigenvalue weighted by Gasteiger charge is 2.19. The molecule has 4 heteroatoms. The van der Waals surface area contributed by atoms with E-state index in [1.165, 1.54) is 16.8 Å². The quantitative estimate of drug-likeness (QED) is 0.877. The molecule has 1 saturated heterocycles. The van der Waals surface area contributed by atoms with Gasteiger partial charge in [-0.1, -0.05) is 29.8 Å². The van der Waals surface area contributed by atoms with E-state index in [0.717, 1.165) is 31.9 Å². The minimum atomic E-state index is -0.466. The van der Waals surface area contributed by atoms with E-state index in [4.69, 9.17) is 4.74 Å². The van der Waals surface area contributed by atoms with Gasteiger partial charge in [-0.2, -0.15) is 0 Å². The smallest absolute Gasteiger partial charge is 0.119 e. The largest absolute Gasteiger partial charge is 0.491 e. The molecule has 3 rings (SSSR count). The van der Waals surface area contributed by atoms with Crippen LogP contribution in [-0.2, 0) is 0 Å². The fourth-order valence-electron chi connectivity index (χ4n) is 3.19. The van der Waals surface area contributed by atoms with Crippen molar-refractivity contribution in [3.63, 3.8) is 0 Å². The lowest BCUT2D eigenvalue weighted by Gasteiger charge is -2.37. The first-order valence-electron chi connectivity index (χ1n) is 9.01. The second-order valence-corrected chi connectivity index (χ2v) is 6.90. The van der Waals surface area contributed by atoms with E-state index in [9.17, 15) is 5.11 Å². The number of aliphatic hydroxyl groups is 1. The number of hydrogen-bond acceptors (Lipinski definition) is 4. The van der Waals surface area contributed by atoms with Crippen molar-refractivity contribution < 1.29 is 9.84 Å². The molecule has 134 valence electrons. The van der Waals surface area contributed by atoms with Crippen LogP contribution in [0.5, 0.6) is 5.75 Å². The molecule has 1 heterocycles. The van der Waals surface area contributed by atoms with Crippen LogP contribution in [0.25, 0.3) is 0 Å². The number of aryl methyl sites for hydroxylation is 2. The number of nitrogens with zero attached hydrogens (tertiary/aromatic N) is 2. The molecule has 0 saturated carbocycles. The van der Waals surface area contributed by atoms with Crippen LogP contribution in [0.4, 0.5) is 5.69 Å². The number of rotatable bonds is 6. The normalized spacial score (nSPS) is 16.7. The molecule has 0 radical (unpaired) electrons. The Labute approximate surface area is 150 Å². The van der Waals surface area contributed by atoms with E-state index in [0.29, 0.717) is 13.2 Å². The first-order chi connectivity index (χ1) is 12.1. The average molecular weight is 340 g/mol. The summed E-state index contributed by atoms with van der Waals surface area (Å²) in [6.07, 6.45) is -0.466. The highest BCUT2D eigenvalue weighted by molar-refractivity contribution is 5.48. The average Bonchev–Trinajstić information content (AvgIpc) is 2.62. The molecule has 0 aromatic heterocycles. The minimum Gasteiger partial charge on any atom is -0.491 e. The number of ether oxygens (including phenoxy) is 1. The molecule has 4 nitrogen and oxygen atoms in total. The van der Waals surface area contributed by atoms with E-state index < -0.39 is 6.10 Å². The van der Waals surface area contributed by atoms with E-state index in [2.05, 4.69) is 47.9 Å². The third-order valence-corrected chi connectivity index (χ3v) is 4.67. The number of β-amino-alcohol motifs (C(OH)–C–C–N with tert-alkyl or cyclic N) is 1. The lowest BCUT2D eigenvalue weighted by molar-refractivity contribution is 0.0663. The zero-order valence-electron chi connectivity index (χ0n) is 15.2. The predicted octanol–water partition coefficient (Wildman–Crippen LogP) is 2.87. The second kappa shape index (κ2) is 8.37. The summed E-state index contributed by atoms with van der Waals surface area (Å²) in [5.74, 6) is 0.814. The third-order valence-electron chi connectivity index (χ3n) is 4.67. The van der Waals surface area contributed by atoms with E-state index >= 15 is 0 Å². The van der Waals surface area contributed by atoms with Crippen LogP contribution in [0.2, 0.25) is 0 Å². The molecule has 2 aromatic carbocycles. The highest BCUT2D eigenvalue weighted by Crippen LogP contribution is 2.18. The van der Waals surface area contributed by atoms with Crippen molar-refractivity contribution >= 4 is 5.69 Å². The van der Waals surface area contributed by atoms with Gasteiger partial charge in [0, 0.05) is 38.4 Å². The van der Waals surface area contributed by atoms with Crippen LogP contribution in [-0.4, -0.2) is 55.4 Å². The number of benzene rings is 2. The SMILES string of the molecule is Cc1ccc(OC[C@H](O)CN2CCN(c3cccc(C)c3)CC2)cc1. The number of hydrogen-bond donors (Lipinski definition) is 1. The van der Waals surface area contributed by atoms with Gasteiger partial charge in [-0.05, 0) is 43.7 Å². The van der Waals surface area contributed by atoms with Gasteiger partial charge in [-0.15, -0.1) is 0 Å². The number of anilines is 1. The minimum absolute atomic E-state index is 0.334. The maximum atomic E-state index is 10.3. The lowest BCUT2D eigenvalue weighted by atomic mass is 10.2. The predicted molar refractivity (Wildman–Crippen MR) is 103 cm³/mol. The summed E-state index contributed by atoms with van der Waals surface area (Å²) in [5, 5.41) is 10.3. The van der Waals surface area contributed by atoms with Crippen molar-refractivity contribution in [1.29, 1.82) is 0 Å². The summed E-state index contributed by atoms with van der Waals surface area (Å²) in [4.78, 5) is 4.73. The lowest BCUT2D eigenvalue weighted by Crippen LogP contribution is -2.49. The third kappa shape index (κ3) is 5.21. The van der Waals surface area contributed by atoms with E-state index in [1.54, 1.807) is 0 Å². The molecule has 1 N–H and O–H groups in total. The van der Waals surface area contributed by atoms with Crippen LogP contribution >= 0.6 is 0 Å². The molecular formula is C21H28N2O2. The maximum Gasteiger partial charge on any atom is 0.119 e. The molecule has 0 bridgehead atoms. The summed E-state index contributed by atoms with van der Waals surface area (Å²) in [6.45, 7) is 9.10. The van der Waals surface area contributed by atoms with Crippen LogP contribution in [0.15, 0.2) is 48.5 Å². The summed E-state index contributed by atoms with van der Waals surface area (Å²) < 4.78 is 5.68. The van der Waals surface area contributed by atoms with Gasteiger partial charge in [0.15, 0.2) is 0 Å². The van der Waals surface area contributed by atoms with Crippen molar-refractivity contribution in [1.82, 2.24) is 4.90 Å². The van der Waals surface area contributed by atoms with Gasteiger partial charge in [0.2, 0.25) is 0 Å². The fourth-order valence-corrected chi connectivity index (χ4v) is 3.19. The van der Waals surface area contributed by atoms with E-state index in [-0.39, 0.29) is 0 Å². The Hall–Kier alpha value is -2.04. The molecule has 0 spiro atoms. The van der Waals surface area contributed by atoms with Crippen molar-refractivity contribution in [3.8, 4) is 5.75 Å². The monoisotopic (exact) mass is 340 g/mol. The Morgan fingerprint density at radius 2 is 1.68 bits per heavy atom. The molecule has 1 aliphatic rings. The Bertz CT molecular complexity index is 664. The first-order valence-corrected chi connectivity index (χ1v) is 9.01. The van der Waals surface area contributed by atoms with Crippen molar-refractivity contribution in [3.05, 3.63) is 59.7 Å². The van der Waals surface area contributed by atoms with Crippen molar-refractivity contribution in [2.75, 3.05) is 44.2 Å². The van der Waals surface area contributed by atoms with Crippen LogP contribution in [0.3, 0.4) is 0 Å². The zero-order valence-corrected chi connectivity index (χ0v) is 15.2. The molecule has 0 unspecified atom stereocenters. The maximum absolute atomic E-state index is 10.3. The van der Waals surface area contributed by atoms with Crippen LogP contribution in [0.1, 0.15) is 11.1 Å². The summed E-state index contributed by atoms with van der Waals surface area (Å²) in [6, 6.07) is 16.6. The molecule has 1 aliphatic heterocycles. The molecule has 0 aliphatic carbocycles. The van der Waals surface area contributed by atoms with Gasteiger partial charge in [0.05, 0.1) is 0 Å². The summed E-state index contributed by atoms with van der Waals surface area (Å²) in [5.41, 5.74) is 3.80. The first kappa shape index (κ1) is 17.8. The van der Waals surface area contributed by atoms with Gasteiger partial charge in [-0.3, -0.25) is 4.90 Å². The van der Waals surface area contributed by atoms with Gasteiger partial charge in [0.1, 0.15) is 18.5 Å². The Kier molecular flexibility index (Phi) is 5.95. The Morgan fingerprint density at radius 1 is 0.960 bits per heavy atom. The number of aliphatic hydroxyl groups excluding tert-OH is 1. The topological polar surface area (TPSA) is 35.9 Å². The van der Waals surface area contributed by atoms with Gasteiger partial charge < -0.3 is 14.7 Å². The van der Waals surface area contributed by atoms with Crippen LogP contribution in [0, 0.1) is 13.8 Å². The molecule has 2 aromatic rings. The zero-order chi connectivity index (χ0) is 17.6. The second-order valence-electron chi connectivity index (χ2n) is 6.90. The van der Waals surface area contributed by atoms with Gasteiger partial charge in [-0.25, -0.2) is 0 Å². The highest BCUT2D eigenvalue weighted by atomic mass is 16.5. The molecule has 25 heavy (non-hydrogen) atoms.